The molecule has 0 aliphatic carbocycles. The molecular formula is C25H35N5O2. The van der Waals surface area contributed by atoms with Crippen molar-refractivity contribution >= 4 is 23.2 Å². The zero-order valence-electron chi connectivity index (χ0n) is 19.4. The van der Waals surface area contributed by atoms with Gasteiger partial charge in [-0.1, -0.05) is 18.2 Å². The van der Waals surface area contributed by atoms with Gasteiger partial charge in [-0.15, -0.1) is 0 Å². The Morgan fingerprint density at radius 3 is 2.19 bits per heavy atom. The third-order valence-electron chi connectivity index (χ3n) is 5.89. The number of nitrogens with zero attached hydrogens (tertiary/aromatic N) is 3. The van der Waals surface area contributed by atoms with Crippen LogP contribution in [-0.4, -0.2) is 62.0 Å². The van der Waals surface area contributed by atoms with Crippen LogP contribution in [0.3, 0.4) is 0 Å². The Labute approximate surface area is 191 Å². The zero-order chi connectivity index (χ0) is 22.9. The van der Waals surface area contributed by atoms with Crippen molar-refractivity contribution in [3.05, 3.63) is 60.2 Å². The zero-order valence-corrected chi connectivity index (χ0v) is 19.4. The van der Waals surface area contributed by atoms with Crippen molar-refractivity contribution in [2.75, 3.05) is 49.1 Å². The SMILES string of the molecule is CCN(c1ccc(C(=O)NNC(=O)CCN2CCN(c3ccccc3)CC2)cc1)C(C)C. The number of rotatable bonds is 8. The highest BCUT2D eigenvalue weighted by Crippen LogP contribution is 2.18. The Hall–Kier alpha value is -3.06. The van der Waals surface area contributed by atoms with Gasteiger partial charge in [-0.3, -0.25) is 25.3 Å². The number of anilines is 2. The summed E-state index contributed by atoms with van der Waals surface area (Å²) in [5.74, 6) is -0.494. The minimum atomic E-state index is -0.311. The standard InChI is InChI=1S/C25H35N5O2/c1-4-30(20(2)3)23-12-10-21(11-13-23)25(32)27-26-24(31)14-15-28-16-18-29(19-17-28)22-8-6-5-7-9-22/h5-13,20H,4,14-19H2,1-3H3,(H,26,31)(H,27,32). The number of para-hydroxylation sites is 1. The van der Waals surface area contributed by atoms with Gasteiger partial charge >= 0.3 is 0 Å². The summed E-state index contributed by atoms with van der Waals surface area (Å²) in [6, 6.07) is 18.2. The predicted molar refractivity (Wildman–Crippen MR) is 130 cm³/mol. The normalized spacial score (nSPS) is 14.3. The second-order valence-electron chi connectivity index (χ2n) is 8.34. The van der Waals surface area contributed by atoms with Crippen molar-refractivity contribution in [3.63, 3.8) is 0 Å². The molecule has 7 nitrogen and oxygen atoms in total. The molecule has 0 atom stereocenters. The van der Waals surface area contributed by atoms with Gasteiger partial charge in [0.05, 0.1) is 0 Å². The summed E-state index contributed by atoms with van der Waals surface area (Å²) in [6.07, 6.45) is 0.352. The minimum Gasteiger partial charge on any atom is -0.369 e. The second kappa shape index (κ2) is 11.5. The molecule has 2 aromatic rings. The number of hydrazine groups is 1. The van der Waals surface area contributed by atoms with Crippen molar-refractivity contribution in [1.29, 1.82) is 0 Å². The predicted octanol–water partition coefficient (Wildman–Crippen LogP) is 2.89. The smallest absolute Gasteiger partial charge is 0.269 e. The van der Waals surface area contributed by atoms with Gasteiger partial charge in [0.25, 0.3) is 5.91 Å². The first-order chi connectivity index (χ1) is 15.5. The van der Waals surface area contributed by atoms with E-state index in [0.717, 1.165) is 38.4 Å². The van der Waals surface area contributed by atoms with Crippen LogP contribution in [0.25, 0.3) is 0 Å². The largest absolute Gasteiger partial charge is 0.369 e. The van der Waals surface area contributed by atoms with Crippen LogP contribution in [0.4, 0.5) is 11.4 Å². The molecule has 1 fully saturated rings. The van der Waals surface area contributed by atoms with Crippen molar-refractivity contribution in [1.82, 2.24) is 15.8 Å². The second-order valence-corrected chi connectivity index (χ2v) is 8.34. The highest BCUT2D eigenvalue weighted by atomic mass is 16.2. The van der Waals surface area contributed by atoms with E-state index in [2.05, 4.69) is 70.6 Å². The molecule has 0 unspecified atom stereocenters. The summed E-state index contributed by atoms with van der Waals surface area (Å²) >= 11 is 0. The van der Waals surface area contributed by atoms with E-state index in [9.17, 15) is 9.59 Å². The number of carbonyl (C=O) groups excluding carboxylic acids is 2. The quantitative estimate of drug-likeness (QED) is 0.622. The van der Waals surface area contributed by atoms with Crippen LogP contribution in [0, 0.1) is 0 Å². The van der Waals surface area contributed by atoms with Crippen LogP contribution in [-0.2, 0) is 4.79 Å². The lowest BCUT2D eigenvalue weighted by Gasteiger charge is -2.36. The fourth-order valence-corrected chi connectivity index (χ4v) is 4.04. The number of hydrogen-bond donors (Lipinski definition) is 2. The summed E-state index contributed by atoms with van der Waals surface area (Å²) in [5, 5.41) is 0. The fourth-order valence-electron chi connectivity index (χ4n) is 4.04. The minimum absolute atomic E-state index is 0.183. The summed E-state index contributed by atoms with van der Waals surface area (Å²) in [7, 11) is 0. The van der Waals surface area contributed by atoms with Gasteiger partial charge in [0.1, 0.15) is 0 Å². The average Bonchev–Trinajstić information content (AvgIpc) is 2.83. The van der Waals surface area contributed by atoms with Crippen LogP contribution in [0.2, 0.25) is 0 Å². The Morgan fingerprint density at radius 2 is 1.59 bits per heavy atom. The molecule has 2 N–H and O–H groups in total. The van der Waals surface area contributed by atoms with E-state index < -0.39 is 0 Å². The maximum absolute atomic E-state index is 12.4. The number of amides is 2. The van der Waals surface area contributed by atoms with Crippen molar-refractivity contribution in [3.8, 4) is 0 Å². The first kappa shape index (κ1) is 23.6. The Balaban J connectivity index is 1.37. The van der Waals surface area contributed by atoms with Gasteiger partial charge in [-0.05, 0) is 57.2 Å². The van der Waals surface area contributed by atoms with E-state index in [1.807, 2.05) is 18.2 Å². The fraction of sp³-hybridized carbons (Fsp3) is 0.440. The first-order valence-electron chi connectivity index (χ1n) is 11.5. The van der Waals surface area contributed by atoms with Crippen LogP contribution >= 0.6 is 0 Å². The molecule has 7 heteroatoms. The summed E-state index contributed by atoms with van der Waals surface area (Å²) < 4.78 is 0. The van der Waals surface area contributed by atoms with E-state index >= 15 is 0 Å². The van der Waals surface area contributed by atoms with Crippen molar-refractivity contribution in [2.45, 2.75) is 33.2 Å². The summed E-state index contributed by atoms with van der Waals surface area (Å²) in [4.78, 5) is 31.5. The molecular weight excluding hydrogens is 402 g/mol. The molecule has 0 saturated carbocycles. The first-order valence-corrected chi connectivity index (χ1v) is 11.5. The van der Waals surface area contributed by atoms with Crippen molar-refractivity contribution in [2.24, 2.45) is 0 Å². The molecule has 1 saturated heterocycles. The van der Waals surface area contributed by atoms with E-state index in [1.54, 1.807) is 12.1 Å². The Bertz CT molecular complexity index is 862. The molecule has 1 aliphatic heterocycles. The number of nitrogens with one attached hydrogen (secondary N) is 2. The van der Waals surface area contributed by atoms with Crippen LogP contribution in [0.15, 0.2) is 54.6 Å². The van der Waals surface area contributed by atoms with E-state index in [1.165, 1.54) is 5.69 Å². The molecule has 32 heavy (non-hydrogen) atoms. The average molecular weight is 438 g/mol. The highest BCUT2D eigenvalue weighted by molar-refractivity contribution is 5.95. The summed E-state index contributed by atoms with van der Waals surface area (Å²) in [5.41, 5.74) is 7.90. The van der Waals surface area contributed by atoms with E-state index in [0.29, 0.717) is 24.6 Å². The number of piperazine rings is 1. The van der Waals surface area contributed by atoms with E-state index in [4.69, 9.17) is 0 Å². The summed E-state index contributed by atoms with van der Waals surface area (Å²) in [6.45, 7) is 11.7. The molecule has 1 aliphatic rings. The molecule has 0 aromatic heterocycles. The Morgan fingerprint density at radius 1 is 0.938 bits per heavy atom. The highest BCUT2D eigenvalue weighted by Gasteiger charge is 2.18. The molecule has 0 spiro atoms. The van der Waals surface area contributed by atoms with Gasteiger partial charge in [-0.2, -0.15) is 0 Å². The van der Waals surface area contributed by atoms with Crippen LogP contribution in [0.1, 0.15) is 37.6 Å². The van der Waals surface area contributed by atoms with Gasteiger partial charge in [0, 0.05) is 68.7 Å². The maximum Gasteiger partial charge on any atom is 0.269 e. The molecule has 3 rings (SSSR count). The Kier molecular flexibility index (Phi) is 8.50. The van der Waals surface area contributed by atoms with Gasteiger partial charge in [0.2, 0.25) is 5.91 Å². The monoisotopic (exact) mass is 437 g/mol. The molecule has 0 bridgehead atoms. The molecule has 172 valence electrons. The number of carbonyl (C=O) groups is 2. The lowest BCUT2D eigenvalue weighted by Crippen LogP contribution is -2.48. The number of hydrogen-bond acceptors (Lipinski definition) is 5. The van der Waals surface area contributed by atoms with Crippen LogP contribution < -0.4 is 20.7 Å². The molecule has 2 aromatic carbocycles. The maximum atomic E-state index is 12.4. The van der Waals surface area contributed by atoms with Gasteiger partial charge < -0.3 is 9.80 Å². The van der Waals surface area contributed by atoms with Gasteiger partial charge in [-0.25, -0.2) is 0 Å². The lowest BCUT2D eigenvalue weighted by molar-refractivity contribution is -0.122. The molecule has 2 amide bonds. The number of benzene rings is 2. The molecule has 0 radical (unpaired) electrons. The van der Waals surface area contributed by atoms with Gasteiger partial charge in [0.15, 0.2) is 0 Å². The molecule has 1 heterocycles. The lowest BCUT2D eigenvalue weighted by atomic mass is 10.1. The van der Waals surface area contributed by atoms with Crippen molar-refractivity contribution < 1.29 is 9.59 Å². The third kappa shape index (κ3) is 6.47. The van der Waals surface area contributed by atoms with Crippen LogP contribution in [0.5, 0.6) is 0 Å². The van der Waals surface area contributed by atoms with E-state index in [-0.39, 0.29) is 11.8 Å². The third-order valence-corrected chi connectivity index (χ3v) is 5.89. The topological polar surface area (TPSA) is 67.9 Å².